The van der Waals surface area contributed by atoms with E-state index < -0.39 is 35.6 Å². The fourth-order valence-electron chi connectivity index (χ4n) is 4.68. The van der Waals surface area contributed by atoms with Gasteiger partial charge in [-0.3, -0.25) is 14.5 Å². The first-order chi connectivity index (χ1) is 18.6. The van der Waals surface area contributed by atoms with Crippen LogP contribution in [0, 0.1) is 0 Å². The second-order valence-corrected chi connectivity index (χ2v) is 8.94. The molecule has 3 aromatic carbocycles. The van der Waals surface area contributed by atoms with Crippen LogP contribution in [0.25, 0.3) is 5.76 Å². The summed E-state index contributed by atoms with van der Waals surface area (Å²) in [7, 11) is 3.33. The third-order valence-corrected chi connectivity index (χ3v) is 6.53. The van der Waals surface area contributed by atoms with Gasteiger partial charge in [0.15, 0.2) is 0 Å². The molecular formula is C28H23F3N2O6. The summed E-state index contributed by atoms with van der Waals surface area (Å²) in [5.74, 6) is -1.88. The number of fused-ring (bicyclic) bond motifs is 1. The third-order valence-electron chi connectivity index (χ3n) is 6.53. The van der Waals surface area contributed by atoms with E-state index in [1.807, 2.05) is 11.9 Å². The monoisotopic (exact) mass is 540 g/mol. The lowest BCUT2D eigenvalue weighted by molar-refractivity contribution is -0.274. The van der Waals surface area contributed by atoms with Gasteiger partial charge in [-0.15, -0.1) is 13.2 Å². The number of hydrogen-bond acceptors (Lipinski definition) is 7. The number of nitrogens with zero attached hydrogens (tertiary/aromatic N) is 2. The first-order valence-corrected chi connectivity index (χ1v) is 11.9. The Labute approximate surface area is 221 Å². The zero-order valence-electron chi connectivity index (χ0n) is 20.9. The molecule has 1 unspecified atom stereocenters. The average molecular weight is 540 g/mol. The molecule has 1 fully saturated rings. The van der Waals surface area contributed by atoms with Gasteiger partial charge in [0.05, 0.1) is 31.0 Å². The molecule has 5 rings (SSSR count). The largest absolute Gasteiger partial charge is 0.573 e. The Morgan fingerprint density at radius 3 is 2.46 bits per heavy atom. The van der Waals surface area contributed by atoms with Crippen LogP contribution >= 0.6 is 0 Å². The first-order valence-electron chi connectivity index (χ1n) is 11.9. The van der Waals surface area contributed by atoms with Crippen molar-refractivity contribution in [3.63, 3.8) is 0 Å². The van der Waals surface area contributed by atoms with Crippen molar-refractivity contribution in [2.24, 2.45) is 0 Å². The van der Waals surface area contributed by atoms with Crippen molar-refractivity contribution in [1.82, 2.24) is 0 Å². The normalized spacial score (nSPS) is 18.5. The molecule has 0 aromatic heterocycles. The molecule has 11 heteroatoms. The number of methoxy groups -OCH3 is 1. The molecule has 1 atom stereocenters. The molecule has 39 heavy (non-hydrogen) atoms. The lowest BCUT2D eigenvalue weighted by atomic mass is 9.94. The first kappa shape index (κ1) is 26.0. The lowest BCUT2D eigenvalue weighted by Gasteiger charge is -2.28. The average Bonchev–Trinajstić information content (AvgIpc) is 3.17. The second-order valence-electron chi connectivity index (χ2n) is 8.94. The predicted octanol–water partition coefficient (Wildman–Crippen LogP) is 5.05. The number of amides is 1. The number of halogens is 3. The number of alkyl halides is 3. The van der Waals surface area contributed by atoms with Gasteiger partial charge in [-0.1, -0.05) is 18.2 Å². The number of benzene rings is 3. The van der Waals surface area contributed by atoms with E-state index in [9.17, 15) is 27.9 Å². The molecule has 2 heterocycles. The van der Waals surface area contributed by atoms with E-state index in [-0.39, 0.29) is 16.8 Å². The molecule has 1 N–H and O–H groups in total. The van der Waals surface area contributed by atoms with Crippen LogP contribution in [0.5, 0.6) is 17.2 Å². The Balaban J connectivity index is 1.66. The molecule has 8 nitrogen and oxygen atoms in total. The van der Waals surface area contributed by atoms with E-state index in [0.29, 0.717) is 35.9 Å². The van der Waals surface area contributed by atoms with E-state index >= 15 is 0 Å². The molecule has 0 spiro atoms. The molecule has 0 saturated carbocycles. The summed E-state index contributed by atoms with van der Waals surface area (Å²) in [6.07, 6.45) is -4.95. The van der Waals surface area contributed by atoms with Crippen molar-refractivity contribution >= 4 is 28.8 Å². The molecule has 3 aromatic rings. The summed E-state index contributed by atoms with van der Waals surface area (Å²) in [6.45, 7) is 1.11. The van der Waals surface area contributed by atoms with Gasteiger partial charge in [-0.2, -0.15) is 0 Å². The summed E-state index contributed by atoms with van der Waals surface area (Å²) in [5, 5.41) is 11.4. The number of Topliss-reactive ketones (excluding diaryl/α,β-unsaturated/α-hetero) is 1. The van der Waals surface area contributed by atoms with Crippen LogP contribution in [0.4, 0.5) is 24.5 Å². The van der Waals surface area contributed by atoms with Gasteiger partial charge in [-0.25, -0.2) is 0 Å². The Kier molecular flexibility index (Phi) is 6.59. The summed E-state index contributed by atoms with van der Waals surface area (Å²) in [5.41, 5.74) is 1.16. The highest BCUT2D eigenvalue weighted by atomic mass is 19.4. The number of likely N-dealkylation sites (N-methyl/N-ethyl adjacent to an activating group) is 1. The van der Waals surface area contributed by atoms with Gasteiger partial charge in [0, 0.05) is 24.4 Å². The highest BCUT2D eigenvalue weighted by Gasteiger charge is 2.47. The van der Waals surface area contributed by atoms with Crippen molar-refractivity contribution in [3.05, 3.63) is 83.4 Å². The highest BCUT2D eigenvalue weighted by Crippen LogP contribution is 2.44. The number of anilines is 2. The van der Waals surface area contributed by atoms with Crippen LogP contribution in [-0.4, -0.2) is 50.5 Å². The van der Waals surface area contributed by atoms with Gasteiger partial charge in [-0.05, 0) is 48.0 Å². The number of ether oxygens (including phenoxy) is 3. The fraction of sp³-hybridized carbons (Fsp3) is 0.214. The maximum atomic E-state index is 13.4. The van der Waals surface area contributed by atoms with Crippen molar-refractivity contribution in [2.75, 3.05) is 37.1 Å². The Morgan fingerprint density at radius 1 is 1.03 bits per heavy atom. The number of carbonyl (C=O) groups excluding carboxylic acids is 2. The van der Waals surface area contributed by atoms with Gasteiger partial charge in [0.2, 0.25) is 0 Å². The fourth-order valence-corrected chi connectivity index (χ4v) is 4.68. The molecule has 1 amide bonds. The van der Waals surface area contributed by atoms with Crippen molar-refractivity contribution in [3.8, 4) is 17.2 Å². The molecular weight excluding hydrogens is 517 g/mol. The molecule has 0 bridgehead atoms. The van der Waals surface area contributed by atoms with E-state index in [1.165, 1.54) is 19.2 Å². The molecule has 2 aliphatic heterocycles. The van der Waals surface area contributed by atoms with Gasteiger partial charge in [0.25, 0.3) is 11.7 Å². The Morgan fingerprint density at radius 2 is 1.77 bits per heavy atom. The van der Waals surface area contributed by atoms with Gasteiger partial charge in [0.1, 0.15) is 29.6 Å². The van der Waals surface area contributed by atoms with Crippen LogP contribution in [0.2, 0.25) is 0 Å². The highest BCUT2D eigenvalue weighted by molar-refractivity contribution is 6.51. The third kappa shape index (κ3) is 4.95. The summed E-state index contributed by atoms with van der Waals surface area (Å²) < 4.78 is 53.5. The molecule has 1 saturated heterocycles. The standard InChI is InChI=1S/C28H23F3N2O6/c1-32-12-13-38-22-11-8-17(14-21(22)32)25(34)23-24(16-6-9-19(37-2)10-7-16)33(27(36)26(23)35)18-4-3-5-20(15-18)39-28(29,30)31/h3-11,14-15,24,34H,12-13H2,1-2H3/b25-23-. The molecule has 0 aliphatic carbocycles. The summed E-state index contributed by atoms with van der Waals surface area (Å²) in [4.78, 5) is 29.7. The van der Waals surface area contributed by atoms with Crippen LogP contribution in [0.3, 0.4) is 0 Å². The van der Waals surface area contributed by atoms with Crippen molar-refractivity contribution < 1.29 is 42.1 Å². The summed E-state index contributed by atoms with van der Waals surface area (Å²) >= 11 is 0. The molecule has 0 radical (unpaired) electrons. The predicted molar refractivity (Wildman–Crippen MR) is 136 cm³/mol. The van der Waals surface area contributed by atoms with Crippen LogP contribution in [0.1, 0.15) is 17.2 Å². The number of aliphatic hydroxyl groups excluding tert-OH is 1. The maximum Gasteiger partial charge on any atom is 0.573 e. The number of carbonyl (C=O) groups is 2. The Hall–Kier alpha value is -4.67. The van der Waals surface area contributed by atoms with Gasteiger partial charge < -0.3 is 24.2 Å². The quantitative estimate of drug-likeness (QED) is 0.275. The minimum atomic E-state index is -4.95. The van der Waals surface area contributed by atoms with Crippen LogP contribution in [-0.2, 0) is 9.59 Å². The van der Waals surface area contributed by atoms with E-state index in [4.69, 9.17) is 9.47 Å². The second kappa shape index (κ2) is 9.90. The maximum absolute atomic E-state index is 13.4. The summed E-state index contributed by atoms with van der Waals surface area (Å²) in [6, 6.07) is 15.0. The topological polar surface area (TPSA) is 88.5 Å². The van der Waals surface area contributed by atoms with Crippen LogP contribution < -0.4 is 24.0 Å². The number of ketones is 1. The minimum absolute atomic E-state index is 0.0164. The van der Waals surface area contributed by atoms with Crippen LogP contribution in [0.15, 0.2) is 72.3 Å². The number of rotatable bonds is 5. The minimum Gasteiger partial charge on any atom is -0.507 e. The zero-order valence-corrected chi connectivity index (χ0v) is 20.9. The van der Waals surface area contributed by atoms with E-state index in [0.717, 1.165) is 17.0 Å². The van der Waals surface area contributed by atoms with E-state index in [1.54, 1.807) is 42.5 Å². The zero-order chi connectivity index (χ0) is 27.9. The number of aliphatic hydroxyl groups is 1. The molecule has 2 aliphatic rings. The van der Waals surface area contributed by atoms with Gasteiger partial charge >= 0.3 is 6.36 Å². The SMILES string of the molecule is COc1ccc(C2/C(=C(/O)c3ccc4c(c3)N(C)CCO4)C(=O)C(=O)N2c2cccc(OC(F)(F)F)c2)cc1. The molecule has 202 valence electrons. The lowest BCUT2D eigenvalue weighted by Crippen LogP contribution is -2.29. The Bertz CT molecular complexity index is 1470. The van der Waals surface area contributed by atoms with E-state index in [2.05, 4.69) is 4.74 Å². The van der Waals surface area contributed by atoms with Crippen molar-refractivity contribution in [2.45, 2.75) is 12.4 Å². The number of hydrogen-bond donors (Lipinski definition) is 1. The smallest absolute Gasteiger partial charge is 0.507 e. The van der Waals surface area contributed by atoms with Crippen molar-refractivity contribution in [1.29, 1.82) is 0 Å².